The summed E-state index contributed by atoms with van der Waals surface area (Å²) in [6, 6.07) is 13.2. The van der Waals surface area contributed by atoms with E-state index in [9.17, 15) is 9.18 Å². The molecule has 1 amide bonds. The summed E-state index contributed by atoms with van der Waals surface area (Å²) in [5.74, 6) is -0.715. The van der Waals surface area contributed by atoms with Gasteiger partial charge in [0.25, 0.3) is 5.91 Å². The minimum Gasteiger partial charge on any atom is -0.319 e. The molecule has 4 nitrogen and oxygen atoms in total. The molecule has 2 aromatic carbocycles. The molecule has 0 aliphatic rings. The molecule has 0 spiro atoms. The van der Waals surface area contributed by atoms with Crippen LogP contribution in [0.1, 0.15) is 10.4 Å². The second-order valence-electron chi connectivity index (χ2n) is 4.74. The third-order valence-electron chi connectivity index (χ3n) is 3.11. The Labute approximate surface area is 137 Å². The van der Waals surface area contributed by atoms with E-state index in [1.54, 1.807) is 0 Å². The number of amides is 1. The number of rotatable bonds is 3. The summed E-state index contributed by atoms with van der Waals surface area (Å²) in [6.07, 6.45) is 2.94. The summed E-state index contributed by atoms with van der Waals surface area (Å²) in [5.41, 5.74) is 1.10. The first-order valence-electron chi connectivity index (χ1n) is 6.77. The van der Waals surface area contributed by atoms with Gasteiger partial charge in [-0.1, -0.05) is 41.9 Å². The lowest BCUT2D eigenvalue weighted by atomic mass is 10.2. The molecule has 23 heavy (non-hydrogen) atoms. The largest absolute Gasteiger partial charge is 0.319 e. The van der Waals surface area contributed by atoms with Crippen molar-refractivity contribution in [2.75, 3.05) is 5.32 Å². The van der Waals surface area contributed by atoms with Gasteiger partial charge in [0.05, 0.1) is 23.6 Å². The quantitative estimate of drug-likeness (QED) is 0.784. The lowest BCUT2D eigenvalue weighted by Gasteiger charge is -2.07. The van der Waals surface area contributed by atoms with Gasteiger partial charge < -0.3 is 5.32 Å². The third-order valence-corrected chi connectivity index (χ3v) is 3.35. The number of aromatic nitrogens is 2. The molecule has 0 atom stereocenters. The fraction of sp³-hybridized carbons (Fsp3) is 0. The van der Waals surface area contributed by atoms with Crippen LogP contribution in [0.2, 0.25) is 5.02 Å². The van der Waals surface area contributed by atoms with E-state index in [0.717, 1.165) is 11.6 Å². The molecule has 3 aromatic rings. The number of anilines is 1. The zero-order valence-electron chi connectivity index (χ0n) is 11.8. The van der Waals surface area contributed by atoms with E-state index >= 15 is 0 Å². The zero-order chi connectivity index (χ0) is 16.2. The third kappa shape index (κ3) is 3.52. The number of nitrogens with zero attached hydrogens (tertiary/aromatic N) is 2. The van der Waals surface area contributed by atoms with Crippen molar-refractivity contribution < 1.29 is 9.18 Å². The summed E-state index contributed by atoms with van der Waals surface area (Å²) in [6.45, 7) is 0. The van der Waals surface area contributed by atoms with E-state index in [-0.39, 0.29) is 10.6 Å². The van der Waals surface area contributed by atoms with E-state index in [4.69, 9.17) is 11.6 Å². The summed E-state index contributed by atoms with van der Waals surface area (Å²) in [4.78, 5) is 20.5. The van der Waals surface area contributed by atoms with Gasteiger partial charge >= 0.3 is 0 Å². The molecular weight excluding hydrogens is 317 g/mol. The Morgan fingerprint density at radius 1 is 1.04 bits per heavy atom. The summed E-state index contributed by atoms with van der Waals surface area (Å²) >= 11 is 5.78. The van der Waals surface area contributed by atoms with Gasteiger partial charge in [0.15, 0.2) is 5.82 Å². The minimum absolute atomic E-state index is 0.135. The Bertz CT molecular complexity index is 838. The first-order valence-corrected chi connectivity index (χ1v) is 7.15. The average Bonchev–Trinajstić information content (AvgIpc) is 2.58. The predicted molar refractivity (Wildman–Crippen MR) is 86.8 cm³/mol. The van der Waals surface area contributed by atoms with Crippen LogP contribution in [0, 0.1) is 5.82 Å². The summed E-state index contributed by atoms with van der Waals surface area (Å²) in [5, 5.41) is 2.83. The highest BCUT2D eigenvalue weighted by molar-refractivity contribution is 6.31. The lowest BCUT2D eigenvalue weighted by molar-refractivity contribution is 0.102. The van der Waals surface area contributed by atoms with E-state index in [1.165, 1.54) is 24.5 Å². The SMILES string of the molecule is O=C(Nc1cnc(-c2ccccc2)nc1)c1cc(Cl)ccc1F. The second-order valence-corrected chi connectivity index (χ2v) is 5.18. The number of halogens is 2. The molecule has 114 valence electrons. The molecule has 0 saturated heterocycles. The Balaban J connectivity index is 1.78. The highest BCUT2D eigenvalue weighted by Gasteiger charge is 2.13. The molecule has 0 bridgehead atoms. The van der Waals surface area contributed by atoms with Crippen molar-refractivity contribution in [2.24, 2.45) is 0 Å². The van der Waals surface area contributed by atoms with Gasteiger partial charge in [0.1, 0.15) is 5.82 Å². The Morgan fingerprint density at radius 3 is 2.43 bits per heavy atom. The van der Waals surface area contributed by atoms with Crippen LogP contribution in [0.15, 0.2) is 60.9 Å². The number of benzene rings is 2. The molecule has 6 heteroatoms. The molecule has 0 unspecified atom stereocenters. The zero-order valence-corrected chi connectivity index (χ0v) is 12.6. The molecule has 0 radical (unpaired) electrons. The van der Waals surface area contributed by atoms with Gasteiger partial charge in [-0.3, -0.25) is 4.79 Å². The molecule has 0 fully saturated rings. The normalized spacial score (nSPS) is 10.3. The molecule has 0 aliphatic carbocycles. The van der Waals surface area contributed by atoms with Gasteiger partial charge in [0.2, 0.25) is 0 Å². The Morgan fingerprint density at radius 2 is 1.74 bits per heavy atom. The van der Waals surface area contributed by atoms with Gasteiger partial charge in [0, 0.05) is 10.6 Å². The van der Waals surface area contributed by atoms with Crippen LogP contribution in [0.25, 0.3) is 11.4 Å². The van der Waals surface area contributed by atoms with Crippen molar-refractivity contribution in [3.05, 3.63) is 77.3 Å². The van der Waals surface area contributed by atoms with Crippen LogP contribution >= 0.6 is 11.6 Å². The second kappa shape index (κ2) is 6.54. The van der Waals surface area contributed by atoms with Crippen molar-refractivity contribution in [1.29, 1.82) is 0 Å². The molecule has 1 heterocycles. The maximum atomic E-state index is 13.7. The van der Waals surface area contributed by atoms with Gasteiger partial charge in [-0.2, -0.15) is 0 Å². The van der Waals surface area contributed by atoms with Crippen LogP contribution in [0.5, 0.6) is 0 Å². The predicted octanol–water partition coefficient (Wildman–Crippen LogP) is 4.19. The van der Waals surface area contributed by atoms with Crippen LogP contribution in [0.4, 0.5) is 10.1 Å². The van der Waals surface area contributed by atoms with Crippen molar-refractivity contribution >= 4 is 23.2 Å². The molecule has 3 rings (SSSR count). The fourth-order valence-electron chi connectivity index (χ4n) is 2.00. The van der Waals surface area contributed by atoms with Crippen molar-refractivity contribution in [3.8, 4) is 11.4 Å². The lowest BCUT2D eigenvalue weighted by Crippen LogP contribution is -2.14. The highest BCUT2D eigenvalue weighted by atomic mass is 35.5. The van der Waals surface area contributed by atoms with E-state index in [2.05, 4.69) is 15.3 Å². The monoisotopic (exact) mass is 327 g/mol. The first kappa shape index (κ1) is 15.1. The van der Waals surface area contributed by atoms with Gasteiger partial charge in [-0.15, -0.1) is 0 Å². The van der Waals surface area contributed by atoms with Crippen LogP contribution < -0.4 is 5.32 Å². The molecule has 0 aliphatic heterocycles. The molecular formula is C17H11ClFN3O. The Kier molecular flexibility index (Phi) is 4.30. The maximum Gasteiger partial charge on any atom is 0.258 e. The van der Waals surface area contributed by atoms with Crippen molar-refractivity contribution in [2.45, 2.75) is 0 Å². The smallest absolute Gasteiger partial charge is 0.258 e. The average molecular weight is 328 g/mol. The minimum atomic E-state index is -0.645. The first-order chi connectivity index (χ1) is 11.1. The number of hydrogen-bond acceptors (Lipinski definition) is 3. The maximum absolute atomic E-state index is 13.7. The molecule has 1 aromatic heterocycles. The molecule has 1 N–H and O–H groups in total. The summed E-state index contributed by atoms with van der Waals surface area (Å²) < 4.78 is 13.7. The van der Waals surface area contributed by atoms with Crippen molar-refractivity contribution in [3.63, 3.8) is 0 Å². The van der Waals surface area contributed by atoms with E-state index < -0.39 is 11.7 Å². The topological polar surface area (TPSA) is 54.9 Å². The van der Waals surface area contributed by atoms with Crippen LogP contribution in [-0.4, -0.2) is 15.9 Å². The number of carbonyl (C=O) groups is 1. The molecule has 0 saturated carbocycles. The van der Waals surface area contributed by atoms with Gasteiger partial charge in [-0.25, -0.2) is 14.4 Å². The van der Waals surface area contributed by atoms with Crippen molar-refractivity contribution in [1.82, 2.24) is 9.97 Å². The standard InChI is InChI=1S/C17H11ClFN3O/c18-12-6-7-15(19)14(8-12)17(23)22-13-9-20-16(21-10-13)11-4-2-1-3-5-11/h1-10H,(H,22,23). The summed E-state index contributed by atoms with van der Waals surface area (Å²) in [7, 11) is 0. The van der Waals surface area contributed by atoms with Crippen LogP contribution in [0.3, 0.4) is 0 Å². The van der Waals surface area contributed by atoms with Crippen LogP contribution in [-0.2, 0) is 0 Å². The Hall–Kier alpha value is -2.79. The van der Waals surface area contributed by atoms with E-state index in [1.807, 2.05) is 30.3 Å². The highest BCUT2D eigenvalue weighted by Crippen LogP contribution is 2.18. The van der Waals surface area contributed by atoms with E-state index in [0.29, 0.717) is 11.5 Å². The van der Waals surface area contributed by atoms with Gasteiger partial charge in [-0.05, 0) is 18.2 Å². The number of nitrogens with one attached hydrogen (secondary N) is 1. The number of carbonyl (C=O) groups excluding carboxylic acids is 1. The number of hydrogen-bond donors (Lipinski definition) is 1. The fourth-order valence-corrected chi connectivity index (χ4v) is 2.17.